The van der Waals surface area contributed by atoms with Gasteiger partial charge in [0.2, 0.25) is 0 Å². The second kappa shape index (κ2) is 8.08. The largest absolute Gasteiger partial charge is 0.378 e. The number of anilines is 1. The highest BCUT2D eigenvalue weighted by molar-refractivity contribution is 6.33. The van der Waals surface area contributed by atoms with Crippen LogP contribution < -0.4 is 5.32 Å². The molecule has 3 fully saturated rings. The van der Waals surface area contributed by atoms with Crippen LogP contribution in [0.15, 0.2) is 12.3 Å². The Bertz CT molecular complexity index is 649. The second-order valence-corrected chi connectivity index (χ2v) is 7.47. The summed E-state index contributed by atoms with van der Waals surface area (Å²) < 4.78 is 11.1. The third-order valence-corrected chi connectivity index (χ3v) is 5.41. The van der Waals surface area contributed by atoms with Crippen molar-refractivity contribution in [2.24, 2.45) is 0 Å². The van der Waals surface area contributed by atoms with Gasteiger partial charge in [-0.2, -0.15) is 0 Å². The number of rotatable bonds is 5. The van der Waals surface area contributed by atoms with Gasteiger partial charge in [0.05, 0.1) is 36.5 Å². The highest BCUT2D eigenvalue weighted by atomic mass is 35.5. The van der Waals surface area contributed by atoms with E-state index in [9.17, 15) is 4.79 Å². The van der Waals surface area contributed by atoms with Crippen molar-refractivity contribution in [1.29, 1.82) is 0 Å². The van der Waals surface area contributed by atoms with Gasteiger partial charge in [-0.1, -0.05) is 11.6 Å². The van der Waals surface area contributed by atoms with Crippen molar-refractivity contribution in [1.82, 2.24) is 14.8 Å². The maximum atomic E-state index is 12.5. The maximum absolute atomic E-state index is 12.5. The Balaban J connectivity index is 1.33. The van der Waals surface area contributed by atoms with Crippen LogP contribution in [0.2, 0.25) is 5.02 Å². The Morgan fingerprint density at radius 2 is 2.08 bits per heavy atom. The first-order chi connectivity index (χ1) is 12.7. The quantitative estimate of drug-likeness (QED) is 0.834. The zero-order valence-electron chi connectivity index (χ0n) is 14.8. The van der Waals surface area contributed by atoms with Gasteiger partial charge in [-0.15, -0.1) is 0 Å². The van der Waals surface area contributed by atoms with E-state index in [1.165, 1.54) is 12.8 Å². The predicted octanol–water partition coefficient (Wildman–Crippen LogP) is 1.48. The number of nitrogens with zero attached hydrogens (tertiary/aromatic N) is 3. The van der Waals surface area contributed by atoms with Crippen molar-refractivity contribution in [2.75, 3.05) is 57.9 Å². The van der Waals surface area contributed by atoms with Crippen LogP contribution in [0.4, 0.5) is 5.82 Å². The summed E-state index contributed by atoms with van der Waals surface area (Å²) in [7, 11) is 0. The Kier molecular flexibility index (Phi) is 5.59. The molecule has 0 spiro atoms. The Morgan fingerprint density at radius 3 is 2.81 bits per heavy atom. The molecule has 0 radical (unpaired) electrons. The first kappa shape index (κ1) is 18.0. The lowest BCUT2D eigenvalue weighted by Gasteiger charge is -2.33. The summed E-state index contributed by atoms with van der Waals surface area (Å²) in [5.74, 6) is 0.544. The van der Waals surface area contributed by atoms with Gasteiger partial charge < -0.3 is 19.7 Å². The van der Waals surface area contributed by atoms with E-state index >= 15 is 0 Å². The number of pyridine rings is 1. The van der Waals surface area contributed by atoms with Crippen LogP contribution in [0.25, 0.3) is 0 Å². The molecule has 26 heavy (non-hydrogen) atoms. The van der Waals surface area contributed by atoms with Gasteiger partial charge in [0.1, 0.15) is 5.82 Å². The molecular weight excluding hydrogens is 356 g/mol. The molecule has 1 N–H and O–H groups in total. The molecule has 4 rings (SSSR count). The number of aromatic nitrogens is 1. The SMILES string of the molecule is O=C(c1cnc(NCC2CN(C3CC3)CCO2)c(Cl)c1)N1CCOCC1. The fourth-order valence-electron chi connectivity index (χ4n) is 3.48. The van der Waals surface area contributed by atoms with E-state index in [-0.39, 0.29) is 12.0 Å². The molecule has 0 aromatic carbocycles. The summed E-state index contributed by atoms with van der Waals surface area (Å²) in [6, 6.07) is 2.45. The normalized spacial score (nSPS) is 24.5. The van der Waals surface area contributed by atoms with E-state index in [1.807, 2.05) is 0 Å². The minimum Gasteiger partial charge on any atom is -0.378 e. The molecular formula is C18H25ClN4O3. The molecule has 1 aromatic rings. The molecule has 2 aliphatic heterocycles. The summed E-state index contributed by atoms with van der Waals surface area (Å²) in [6.45, 7) is 5.77. The molecule has 3 aliphatic rings. The van der Waals surface area contributed by atoms with Crippen LogP contribution in [0.3, 0.4) is 0 Å². The number of nitrogens with one attached hydrogen (secondary N) is 1. The first-order valence-corrected chi connectivity index (χ1v) is 9.70. The Labute approximate surface area is 158 Å². The first-order valence-electron chi connectivity index (χ1n) is 9.33. The Morgan fingerprint density at radius 1 is 1.27 bits per heavy atom. The molecule has 1 unspecified atom stereocenters. The van der Waals surface area contributed by atoms with Crippen molar-refractivity contribution < 1.29 is 14.3 Å². The second-order valence-electron chi connectivity index (χ2n) is 7.06. The minimum absolute atomic E-state index is 0.0510. The van der Waals surface area contributed by atoms with E-state index in [0.29, 0.717) is 49.3 Å². The molecule has 3 heterocycles. The summed E-state index contributed by atoms with van der Waals surface area (Å²) in [5, 5.41) is 3.73. The third-order valence-electron chi connectivity index (χ3n) is 5.12. The van der Waals surface area contributed by atoms with Gasteiger partial charge in [-0.25, -0.2) is 4.98 Å². The fraction of sp³-hybridized carbons (Fsp3) is 0.667. The van der Waals surface area contributed by atoms with Crippen molar-refractivity contribution in [3.8, 4) is 0 Å². The maximum Gasteiger partial charge on any atom is 0.255 e. The number of amides is 1. The number of carbonyl (C=O) groups excluding carboxylic acids is 1. The molecule has 1 atom stereocenters. The fourth-order valence-corrected chi connectivity index (χ4v) is 3.71. The molecule has 142 valence electrons. The molecule has 1 aliphatic carbocycles. The third kappa shape index (κ3) is 4.28. The van der Waals surface area contributed by atoms with Gasteiger partial charge >= 0.3 is 0 Å². The lowest BCUT2D eigenvalue weighted by molar-refractivity contribution is -0.0241. The van der Waals surface area contributed by atoms with Crippen LogP contribution in [0.5, 0.6) is 0 Å². The Hall–Kier alpha value is -1.41. The van der Waals surface area contributed by atoms with Crippen LogP contribution in [0, 0.1) is 0 Å². The summed E-state index contributed by atoms with van der Waals surface area (Å²) >= 11 is 6.35. The molecule has 7 nitrogen and oxygen atoms in total. The molecule has 1 aromatic heterocycles. The summed E-state index contributed by atoms with van der Waals surface area (Å²) in [5.41, 5.74) is 0.510. The van der Waals surface area contributed by atoms with Crippen molar-refractivity contribution >= 4 is 23.3 Å². The number of morpholine rings is 2. The lowest BCUT2D eigenvalue weighted by atomic mass is 10.2. The molecule has 1 saturated carbocycles. The number of carbonyl (C=O) groups is 1. The van der Waals surface area contributed by atoms with Crippen molar-refractivity contribution in [2.45, 2.75) is 25.0 Å². The van der Waals surface area contributed by atoms with E-state index < -0.39 is 0 Å². The smallest absolute Gasteiger partial charge is 0.255 e. The van der Waals surface area contributed by atoms with Gasteiger partial charge in [0, 0.05) is 45.0 Å². The highest BCUT2D eigenvalue weighted by Gasteiger charge is 2.32. The standard InChI is InChI=1S/C18H25ClN4O3/c19-16-9-13(18(24)22-3-6-25-7-4-22)10-20-17(16)21-11-15-12-23(5-8-26-15)14-1-2-14/h9-10,14-15H,1-8,11-12H2,(H,20,21). The van der Waals surface area contributed by atoms with Crippen LogP contribution in [-0.4, -0.2) is 85.4 Å². The van der Waals surface area contributed by atoms with Crippen molar-refractivity contribution in [3.05, 3.63) is 22.8 Å². The van der Waals surface area contributed by atoms with Gasteiger partial charge in [-0.3, -0.25) is 9.69 Å². The zero-order chi connectivity index (χ0) is 17.9. The van der Waals surface area contributed by atoms with Crippen LogP contribution >= 0.6 is 11.6 Å². The van der Waals surface area contributed by atoms with E-state index in [4.69, 9.17) is 21.1 Å². The monoisotopic (exact) mass is 380 g/mol. The number of hydrogen-bond acceptors (Lipinski definition) is 6. The van der Waals surface area contributed by atoms with Crippen molar-refractivity contribution in [3.63, 3.8) is 0 Å². The van der Waals surface area contributed by atoms with E-state index in [0.717, 1.165) is 25.7 Å². The van der Waals surface area contributed by atoms with Gasteiger partial charge in [0.15, 0.2) is 0 Å². The minimum atomic E-state index is -0.0510. The zero-order valence-corrected chi connectivity index (χ0v) is 15.6. The average molecular weight is 381 g/mol. The van der Waals surface area contributed by atoms with E-state index in [1.54, 1.807) is 17.2 Å². The average Bonchev–Trinajstić information content (AvgIpc) is 3.53. The number of hydrogen-bond donors (Lipinski definition) is 1. The summed E-state index contributed by atoms with van der Waals surface area (Å²) in [4.78, 5) is 21.1. The predicted molar refractivity (Wildman–Crippen MR) is 98.8 cm³/mol. The van der Waals surface area contributed by atoms with E-state index in [2.05, 4.69) is 15.2 Å². The number of ether oxygens (including phenoxy) is 2. The molecule has 2 saturated heterocycles. The van der Waals surface area contributed by atoms with Gasteiger partial charge in [0.25, 0.3) is 5.91 Å². The van der Waals surface area contributed by atoms with Gasteiger partial charge in [-0.05, 0) is 18.9 Å². The topological polar surface area (TPSA) is 66.9 Å². The molecule has 8 heteroatoms. The lowest BCUT2D eigenvalue weighted by Crippen LogP contribution is -2.46. The highest BCUT2D eigenvalue weighted by Crippen LogP contribution is 2.28. The number of halogens is 1. The van der Waals surface area contributed by atoms with Crippen LogP contribution in [0.1, 0.15) is 23.2 Å². The summed E-state index contributed by atoms with van der Waals surface area (Å²) in [6.07, 6.45) is 4.35. The molecule has 0 bridgehead atoms. The van der Waals surface area contributed by atoms with Crippen LogP contribution in [-0.2, 0) is 9.47 Å². The molecule has 1 amide bonds.